The molecule has 0 bridgehead atoms. The number of hydrogen-bond donors (Lipinski definition) is 2. The van der Waals surface area contributed by atoms with Crippen molar-refractivity contribution in [3.8, 4) is 0 Å². The maximum absolute atomic E-state index is 12.6. The second kappa shape index (κ2) is 8.39. The summed E-state index contributed by atoms with van der Waals surface area (Å²) in [7, 11) is -3.59. The number of carbonyl (C=O) groups is 1. The number of rotatable bonds is 7. The van der Waals surface area contributed by atoms with E-state index >= 15 is 0 Å². The van der Waals surface area contributed by atoms with Crippen LogP contribution in [-0.4, -0.2) is 58.0 Å². The first-order valence-corrected chi connectivity index (χ1v) is 9.16. The summed E-state index contributed by atoms with van der Waals surface area (Å²) >= 11 is 0. The van der Waals surface area contributed by atoms with E-state index in [1.165, 1.54) is 16.4 Å². The Kier molecular flexibility index (Phi) is 6.52. The molecule has 2 rings (SSSR count). The van der Waals surface area contributed by atoms with Crippen LogP contribution in [0.5, 0.6) is 0 Å². The minimum absolute atomic E-state index is 0.133. The highest BCUT2D eigenvalue weighted by atomic mass is 32.2. The molecule has 1 aromatic carbocycles. The van der Waals surface area contributed by atoms with E-state index in [1.807, 2.05) is 0 Å². The van der Waals surface area contributed by atoms with Gasteiger partial charge in [-0.3, -0.25) is 4.79 Å². The molecule has 3 N–H and O–H groups in total. The van der Waals surface area contributed by atoms with Gasteiger partial charge in [0.1, 0.15) is 0 Å². The fraction of sp³-hybridized carbons (Fsp3) is 0.533. The van der Waals surface area contributed by atoms with Crippen molar-refractivity contribution in [2.45, 2.75) is 17.7 Å². The van der Waals surface area contributed by atoms with E-state index in [9.17, 15) is 13.2 Å². The van der Waals surface area contributed by atoms with Crippen LogP contribution in [0.3, 0.4) is 0 Å². The third-order valence-electron chi connectivity index (χ3n) is 3.62. The quantitative estimate of drug-likeness (QED) is 0.689. The predicted molar refractivity (Wildman–Crippen MR) is 86.6 cm³/mol. The van der Waals surface area contributed by atoms with E-state index in [2.05, 4.69) is 5.32 Å². The van der Waals surface area contributed by atoms with Crippen LogP contribution in [-0.2, 0) is 14.8 Å². The molecule has 0 aliphatic carbocycles. The summed E-state index contributed by atoms with van der Waals surface area (Å²) in [4.78, 5) is 12.2. The molecule has 128 valence electrons. The number of unbranched alkanes of at least 4 members (excludes halogenated alkanes) is 1. The van der Waals surface area contributed by atoms with Crippen LogP contribution in [0.4, 0.5) is 0 Å². The van der Waals surface area contributed by atoms with Gasteiger partial charge in [0, 0.05) is 25.2 Å². The first kappa shape index (κ1) is 17.9. The zero-order valence-corrected chi connectivity index (χ0v) is 13.8. The molecule has 1 aliphatic heterocycles. The molecule has 0 aromatic heterocycles. The highest BCUT2D eigenvalue weighted by Crippen LogP contribution is 2.18. The Hall–Kier alpha value is -1.48. The zero-order chi connectivity index (χ0) is 16.7. The van der Waals surface area contributed by atoms with Gasteiger partial charge in [0.15, 0.2) is 0 Å². The molecule has 1 aromatic rings. The number of nitrogens with one attached hydrogen (secondary N) is 1. The second-order valence-electron chi connectivity index (χ2n) is 5.30. The first-order chi connectivity index (χ1) is 11.1. The summed E-state index contributed by atoms with van der Waals surface area (Å²) in [5, 5.41) is 2.77. The molecule has 23 heavy (non-hydrogen) atoms. The van der Waals surface area contributed by atoms with Gasteiger partial charge in [0.25, 0.3) is 5.91 Å². The van der Waals surface area contributed by atoms with Gasteiger partial charge >= 0.3 is 0 Å². The van der Waals surface area contributed by atoms with Crippen LogP contribution >= 0.6 is 0 Å². The topological polar surface area (TPSA) is 102 Å². The van der Waals surface area contributed by atoms with Gasteiger partial charge in [-0.1, -0.05) is 6.07 Å². The molecular formula is C15H23N3O4S. The van der Waals surface area contributed by atoms with Gasteiger partial charge in [-0.25, -0.2) is 8.42 Å². The van der Waals surface area contributed by atoms with Crippen molar-refractivity contribution in [2.75, 3.05) is 39.4 Å². The number of morpholine rings is 1. The third kappa shape index (κ3) is 4.74. The number of carbonyl (C=O) groups excluding carboxylic acids is 1. The Balaban J connectivity index is 2.08. The van der Waals surface area contributed by atoms with Gasteiger partial charge in [-0.05, 0) is 37.6 Å². The summed E-state index contributed by atoms with van der Waals surface area (Å²) in [6, 6.07) is 6.12. The van der Waals surface area contributed by atoms with Crippen molar-refractivity contribution in [1.29, 1.82) is 0 Å². The largest absolute Gasteiger partial charge is 0.379 e. The molecule has 1 aliphatic rings. The lowest BCUT2D eigenvalue weighted by Gasteiger charge is -2.26. The van der Waals surface area contributed by atoms with E-state index in [0.29, 0.717) is 45.0 Å². The van der Waals surface area contributed by atoms with Crippen molar-refractivity contribution in [3.63, 3.8) is 0 Å². The summed E-state index contributed by atoms with van der Waals surface area (Å²) in [5.74, 6) is -0.277. The summed E-state index contributed by atoms with van der Waals surface area (Å²) in [5.41, 5.74) is 5.74. The zero-order valence-electron chi connectivity index (χ0n) is 13.0. The van der Waals surface area contributed by atoms with Crippen molar-refractivity contribution in [3.05, 3.63) is 29.8 Å². The minimum atomic E-state index is -3.59. The Morgan fingerprint density at radius 2 is 2.00 bits per heavy atom. The minimum Gasteiger partial charge on any atom is -0.379 e. The maximum Gasteiger partial charge on any atom is 0.251 e. The number of ether oxygens (including phenoxy) is 1. The molecule has 0 saturated carbocycles. The summed E-state index contributed by atoms with van der Waals surface area (Å²) < 4.78 is 31.7. The van der Waals surface area contributed by atoms with Crippen molar-refractivity contribution < 1.29 is 17.9 Å². The fourth-order valence-electron chi connectivity index (χ4n) is 2.31. The van der Waals surface area contributed by atoms with E-state index in [1.54, 1.807) is 12.1 Å². The average Bonchev–Trinajstić information content (AvgIpc) is 2.59. The molecule has 8 heteroatoms. The normalized spacial score (nSPS) is 16.2. The monoisotopic (exact) mass is 341 g/mol. The molecule has 1 heterocycles. The number of benzene rings is 1. The number of hydrogen-bond acceptors (Lipinski definition) is 5. The Bertz CT molecular complexity index is 627. The van der Waals surface area contributed by atoms with Gasteiger partial charge in [0.05, 0.1) is 18.1 Å². The smallest absolute Gasteiger partial charge is 0.251 e. The highest BCUT2D eigenvalue weighted by Gasteiger charge is 2.26. The number of nitrogens with two attached hydrogens (primary N) is 1. The van der Waals surface area contributed by atoms with Gasteiger partial charge in [-0.15, -0.1) is 0 Å². The second-order valence-corrected chi connectivity index (χ2v) is 7.23. The Morgan fingerprint density at radius 3 is 2.70 bits per heavy atom. The number of amides is 1. The lowest BCUT2D eigenvalue weighted by atomic mass is 10.2. The van der Waals surface area contributed by atoms with Gasteiger partial charge < -0.3 is 15.8 Å². The molecule has 0 radical (unpaired) electrons. The summed E-state index contributed by atoms with van der Waals surface area (Å²) in [6.07, 6.45) is 1.64. The average molecular weight is 341 g/mol. The third-order valence-corrected chi connectivity index (χ3v) is 5.52. The molecule has 0 unspecified atom stereocenters. The van der Waals surface area contributed by atoms with E-state index in [-0.39, 0.29) is 10.8 Å². The number of sulfonamides is 1. The lowest BCUT2D eigenvalue weighted by molar-refractivity contribution is 0.0730. The van der Waals surface area contributed by atoms with E-state index in [0.717, 1.165) is 12.8 Å². The molecule has 7 nitrogen and oxygen atoms in total. The molecule has 0 atom stereocenters. The SMILES string of the molecule is NCCCCNC(=O)c1cccc(S(=O)(=O)N2CCOCC2)c1. The van der Waals surface area contributed by atoms with Crippen LogP contribution in [0.15, 0.2) is 29.2 Å². The van der Waals surface area contributed by atoms with Gasteiger partial charge in [0.2, 0.25) is 10.0 Å². The highest BCUT2D eigenvalue weighted by molar-refractivity contribution is 7.89. The predicted octanol–water partition coefficient (Wildman–Crippen LogP) is 0.176. The van der Waals surface area contributed by atoms with Crippen molar-refractivity contribution in [1.82, 2.24) is 9.62 Å². The van der Waals surface area contributed by atoms with Crippen LogP contribution in [0.25, 0.3) is 0 Å². The standard InChI is InChI=1S/C15H23N3O4S/c16-6-1-2-7-17-15(19)13-4-3-5-14(12-13)23(20,21)18-8-10-22-11-9-18/h3-5,12H,1-2,6-11,16H2,(H,17,19). The van der Waals surface area contributed by atoms with E-state index in [4.69, 9.17) is 10.5 Å². The summed E-state index contributed by atoms with van der Waals surface area (Å²) in [6.45, 7) is 2.55. The van der Waals surface area contributed by atoms with Crippen LogP contribution < -0.4 is 11.1 Å². The van der Waals surface area contributed by atoms with Crippen LogP contribution in [0, 0.1) is 0 Å². The van der Waals surface area contributed by atoms with Crippen molar-refractivity contribution in [2.24, 2.45) is 5.73 Å². The molecule has 1 amide bonds. The Morgan fingerprint density at radius 1 is 1.26 bits per heavy atom. The molecule has 1 fully saturated rings. The fourth-order valence-corrected chi connectivity index (χ4v) is 3.76. The first-order valence-electron chi connectivity index (χ1n) is 7.72. The maximum atomic E-state index is 12.6. The number of nitrogens with zero attached hydrogens (tertiary/aromatic N) is 1. The lowest BCUT2D eigenvalue weighted by Crippen LogP contribution is -2.40. The molecule has 1 saturated heterocycles. The Labute approximate surface area is 136 Å². The van der Waals surface area contributed by atoms with Gasteiger partial charge in [-0.2, -0.15) is 4.31 Å². The molecule has 0 spiro atoms. The molecular weight excluding hydrogens is 318 g/mol. The van der Waals surface area contributed by atoms with Crippen LogP contribution in [0.1, 0.15) is 23.2 Å². The van der Waals surface area contributed by atoms with E-state index < -0.39 is 10.0 Å². The van der Waals surface area contributed by atoms with Crippen LogP contribution in [0.2, 0.25) is 0 Å². The van der Waals surface area contributed by atoms with Crippen molar-refractivity contribution >= 4 is 15.9 Å².